The van der Waals surface area contributed by atoms with Gasteiger partial charge in [0.2, 0.25) is 0 Å². The molecule has 1 aromatic heterocycles. The minimum atomic E-state index is -0.278. The summed E-state index contributed by atoms with van der Waals surface area (Å²) in [5, 5.41) is 2.39. The topological polar surface area (TPSA) is 48.9 Å². The van der Waals surface area contributed by atoms with E-state index in [-0.39, 0.29) is 6.09 Å². The molecule has 0 radical (unpaired) electrons. The number of rotatable bonds is 4. The molecule has 2 aromatic carbocycles. The lowest BCUT2D eigenvalue weighted by atomic mass is 10.1. The van der Waals surface area contributed by atoms with E-state index in [4.69, 9.17) is 9.72 Å². The maximum absolute atomic E-state index is 11.8. The number of fused-ring (bicyclic) bond motifs is 1. The van der Waals surface area contributed by atoms with Crippen LogP contribution in [0.15, 0.2) is 54.6 Å². The van der Waals surface area contributed by atoms with Crippen LogP contribution in [-0.4, -0.2) is 61.9 Å². The molecule has 3 heterocycles. The SMILES string of the molecule is CCN1CCN(c2nc(-c3ccc(N4CCOC4=O)cc3)cc3ccccc23)CC1. The molecule has 2 saturated heterocycles. The zero-order chi connectivity index (χ0) is 20.5. The minimum Gasteiger partial charge on any atom is -0.447 e. The molecule has 0 N–H and O–H groups in total. The number of anilines is 2. The summed E-state index contributed by atoms with van der Waals surface area (Å²) in [6.07, 6.45) is -0.278. The quantitative estimate of drug-likeness (QED) is 0.660. The first-order valence-corrected chi connectivity index (χ1v) is 10.6. The first kappa shape index (κ1) is 18.9. The van der Waals surface area contributed by atoms with Crippen LogP contribution >= 0.6 is 0 Å². The van der Waals surface area contributed by atoms with Gasteiger partial charge >= 0.3 is 6.09 Å². The molecular weight excluding hydrogens is 376 g/mol. The van der Waals surface area contributed by atoms with Crippen LogP contribution in [0.3, 0.4) is 0 Å². The van der Waals surface area contributed by atoms with Crippen molar-refractivity contribution >= 4 is 28.4 Å². The summed E-state index contributed by atoms with van der Waals surface area (Å²) in [6, 6.07) is 18.6. The molecule has 6 nitrogen and oxygen atoms in total. The number of piperazine rings is 1. The molecular formula is C24H26N4O2. The zero-order valence-corrected chi connectivity index (χ0v) is 17.3. The van der Waals surface area contributed by atoms with E-state index in [2.05, 4.69) is 47.1 Å². The molecule has 0 bridgehead atoms. The third-order valence-electron chi connectivity index (χ3n) is 6.07. The normalized spacial score (nSPS) is 17.6. The monoisotopic (exact) mass is 402 g/mol. The highest BCUT2D eigenvalue weighted by atomic mass is 16.6. The molecule has 5 rings (SSSR count). The van der Waals surface area contributed by atoms with Crippen molar-refractivity contribution < 1.29 is 9.53 Å². The summed E-state index contributed by atoms with van der Waals surface area (Å²) in [5.74, 6) is 1.06. The van der Waals surface area contributed by atoms with Gasteiger partial charge in [-0.05, 0) is 30.1 Å². The lowest BCUT2D eigenvalue weighted by Gasteiger charge is -2.35. The van der Waals surface area contributed by atoms with Crippen LogP contribution in [0.5, 0.6) is 0 Å². The number of nitrogens with zero attached hydrogens (tertiary/aromatic N) is 4. The fourth-order valence-corrected chi connectivity index (χ4v) is 4.29. The molecule has 0 unspecified atom stereocenters. The van der Waals surface area contributed by atoms with Gasteiger partial charge in [0.25, 0.3) is 0 Å². The molecule has 2 aliphatic heterocycles. The third kappa shape index (κ3) is 3.48. The summed E-state index contributed by atoms with van der Waals surface area (Å²) in [6.45, 7) is 8.47. The number of carbonyl (C=O) groups is 1. The van der Waals surface area contributed by atoms with Crippen LogP contribution in [0.1, 0.15) is 6.92 Å². The van der Waals surface area contributed by atoms with Crippen LogP contribution in [0.25, 0.3) is 22.0 Å². The van der Waals surface area contributed by atoms with Crippen molar-refractivity contribution in [3.8, 4) is 11.3 Å². The average molecular weight is 402 g/mol. The molecule has 154 valence electrons. The molecule has 0 spiro atoms. The van der Waals surface area contributed by atoms with Gasteiger partial charge in [-0.1, -0.05) is 43.3 Å². The number of carbonyl (C=O) groups excluding carboxylic acids is 1. The predicted octanol–water partition coefficient (Wildman–Crippen LogP) is 4.00. The first-order chi connectivity index (χ1) is 14.7. The average Bonchev–Trinajstić information content (AvgIpc) is 3.24. The van der Waals surface area contributed by atoms with Crippen molar-refractivity contribution in [3.63, 3.8) is 0 Å². The van der Waals surface area contributed by atoms with Crippen molar-refractivity contribution in [2.75, 3.05) is 55.7 Å². The second-order valence-corrected chi connectivity index (χ2v) is 7.79. The van der Waals surface area contributed by atoms with Gasteiger partial charge in [-0.15, -0.1) is 0 Å². The van der Waals surface area contributed by atoms with E-state index in [1.54, 1.807) is 4.90 Å². The second-order valence-electron chi connectivity index (χ2n) is 7.79. The molecule has 30 heavy (non-hydrogen) atoms. The Labute approximate surface area is 176 Å². The van der Waals surface area contributed by atoms with Crippen molar-refractivity contribution in [2.24, 2.45) is 0 Å². The molecule has 6 heteroatoms. The molecule has 1 amide bonds. The van der Waals surface area contributed by atoms with Crippen LogP contribution in [-0.2, 0) is 4.74 Å². The zero-order valence-electron chi connectivity index (χ0n) is 17.3. The Morgan fingerprint density at radius 2 is 1.73 bits per heavy atom. The van der Waals surface area contributed by atoms with Crippen LogP contribution in [0.2, 0.25) is 0 Å². The molecule has 0 saturated carbocycles. The summed E-state index contributed by atoms with van der Waals surface area (Å²) < 4.78 is 5.05. The first-order valence-electron chi connectivity index (χ1n) is 10.6. The lowest BCUT2D eigenvalue weighted by Crippen LogP contribution is -2.46. The van der Waals surface area contributed by atoms with E-state index in [1.165, 1.54) is 10.8 Å². The highest BCUT2D eigenvalue weighted by Gasteiger charge is 2.24. The Hall–Kier alpha value is -3.12. The number of benzene rings is 2. The van der Waals surface area contributed by atoms with Crippen LogP contribution < -0.4 is 9.80 Å². The van der Waals surface area contributed by atoms with Crippen molar-refractivity contribution in [1.29, 1.82) is 0 Å². The largest absolute Gasteiger partial charge is 0.447 e. The number of aromatic nitrogens is 1. The smallest absolute Gasteiger partial charge is 0.414 e. The van der Waals surface area contributed by atoms with E-state index in [9.17, 15) is 4.79 Å². The van der Waals surface area contributed by atoms with Gasteiger partial charge in [-0.25, -0.2) is 9.78 Å². The van der Waals surface area contributed by atoms with Crippen LogP contribution in [0, 0.1) is 0 Å². The Balaban J connectivity index is 1.50. The molecule has 0 aliphatic carbocycles. The number of cyclic esters (lactones) is 1. The second kappa shape index (κ2) is 7.95. The maximum atomic E-state index is 11.8. The van der Waals surface area contributed by atoms with Crippen LogP contribution in [0.4, 0.5) is 16.3 Å². The lowest BCUT2D eigenvalue weighted by molar-refractivity contribution is 0.181. The van der Waals surface area contributed by atoms with Crippen molar-refractivity contribution in [2.45, 2.75) is 6.92 Å². The number of hydrogen-bond donors (Lipinski definition) is 0. The fourth-order valence-electron chi connectivity index (χ4n) is 4.29. The van der Waals surface area contributed by atoms with Gasteiger partial charge in [0.15, 0.2) is 0 Å². The highest BCUT2D eigenvalue weighted by Crippen LogP contribution is 2.31. The maximum Gasteiger partial charge on any atom is 0.414 e. The minimum absolute atomic E-state index is 0.278. The Morgan fingerprint density at radius 1 is 0.967 bits per heavy atom. The number of ether oxygens (including phenoxy) is 1. The molecule has 2 fully saturated rings. The fraction of sp³-hybridized carbons (Fsp3) is 0.333. The van der Waals surface area contributed by atoms with E-state index in [0.29, 0.717) is 13.2 Å². The standard InChI is InChI=1S/C24H26N4O2/c1-2-26-11-13-27(14-12-26)23-21-6-4-3-5-19(21)17-22(25-23)18-7-9-20(10-8-18)28-15-16-30-24(28)29/h3-10,17H,2,11-16H2,1H3. The van der Waals surface area contributed by atoms with Gasteiger partial charge in [-0.3, -0.25) is 4.90 Å². The molecule has 0 atom stereocenters. The van der Waals surface area contributed by atoms with E-state index in [0.717, 1.165) is 55.5 Å². The Bertz CT molecular complexity index is 1060. The van der Waals surface area contributed by atoms with E-state index in [1.807, 2.05) is 24.3 Å². The van der Waals surface area contributed by atoms with Crippen molar-refractivity contribution in [1.82, 2.24) is 9.88 Å². The molecule has 3 aromatic rings. The number of pyridine rings is 1. The van der Waals surface area contributed by atoms with Gasteiger partial charge in [-0.2, -0.15) is 0 Å². The Morgan fingerprint density at radius 3 is 2.43 bits per heavy atom. The number of hydrogen-bond acceptors (Lipinski definition) is 5. The van der Waals surface area contributed by atoms with Gasteiger partial charge < -0.3 is 14.5 Å². The van der Waals surface area contributed by atoms with Gasteiger partial charge in [0.1, 0.15) is 12.4 Å². The van der Waals surface area contributed by atoms with Crippen molar-refractivity contribution in [3.05, 3.63) is 54.6 Å². The highest BCUT2D eigenvalue weighted by molar-refractivity contribution is 5.95. The summed E-state index contributed by atoms with van der Waals surface area (Å²) in [7, 11) is 0. The predicted molar refractivity (Wildman–Crippen MR) is 120 cm³/mol. The summed E-state index contributed by atoms with van der Waals surface area (Å²) >= 11 is 0. The number of amides is 1. The van der Waals surface area contributed by atoms with E-state index < -0.39 is 0 Å². The summed E-state index contributed by atoms with van der Waals surface area (Å²) in [4.78, 5) is 23.5. The van der Waals surface area contributed by atoms with E-state index >= 15 is 0 Å². The Kier molecular flexibility index (Phi) is 5.01. The summed E-state index contributed by atoms with van der Waals surface area (Å²) in [5.41, 5.74) is 2.86. The van der Waals surface area contributed by atoms with Gasteiger partial charge in [0.05, 0.1) is 12.2 Å². The van der Waals surface area contributed by atoms with Gasteiger partial charge in [0, 0.05) is 42.8 Å². The third-order valence-corrected chi connectivity index (χ3v) is 6.07. The molecule has 2 aliphatic rings. The number of likely N-dealkylation sites (N-methyl/N-ethyl adjacent to an activating group) is 1.